The van der Waals surface area contributed by atoms with Crippen LogP contribution in [0.25, 0.3) is 12.2 Å². The first-order valence-electron chi connectivity index (χ1n) is 19.1. The van der Waals surface area contributed by atoms with Gasteiger partial charge in [-0.05, 0) is 0 Å². The van der Waals surface area contributed by atoms with Crippen LogP contribution in [-0.4, -0.2) is 24.6 Å². The predicted molar refractivity (Wildman–Crippen MR) is 204 cm³/mol. The van der Waals surface area contributed by atoms with E-state index < -0.39 is 23.2 Å². The molecule has 2 aromatic rings. The Morgan fingerprint density at radius 2 is 0.766 bits per heavy atom. The number of unbranched alkanes of at least 4 members (excludes halogenated alkanes) is 12. The largest absolute Gasteiger partial charge is 1.00 e. The Bertz CT molecular complexity index is 1080. The first kappa shape index (κ1) is 43.4. The molecule has 0 fully saturated rings. The molecule has 0 aromatic heterocycles. The fourth-order valence-electron chi connectivity index (χ4n) is 7.34. The Balaban J connectivity index is 0.00000384. The van der Waals surface area contributed by atoms with E-state index in [0.717, 1.165) is 7.25 Å². The van der Waals surface area contributed by atoms with Gasteiger partial charge >= 0.3 is 295 Å². The maximum absolute atomic E-state index is 2.74. The van der Waals surface area contributed by atoms with E-state index in [-0.39, 0.29) is 40.7 Å². The van der Waals surface area contributed by atoms with E-state index in [1.54, 1.807) is 22.3 Å². The van der Waals surface area contributed by atoms with E-state index in [1.807, 2.05) is 10.6 Å². The van der Waals surface area contributed by atoms with Crippen molar-refractivity contribution in [2.24, 2.45) is 0 Å². The Labute approximate surface area is 317 Å². The third-order valence-corrected chi connectivity index (χ3v) is 21.6. The molecule has 0 radical (unpaired) electrons. The fourth-order valence-corrected chi connectivity index (χ4v) is 20.7. The predicted octanol–water partition coefficient (Wildman–Crippen LogP) is 8.55. The van der Waals surface area contributed by atoms with Crippen LogP contribution in [0.3, 0.4) is 0 Å². The average molecular weight is 793 g/mol. The summed E-state index contributed by atoms with van der Waals surface area (Å²) in [5, 5.41) is 3.87. The molecule has 0 aliphatic heterocycles. The number of fused-ring (bicyclic) bond motifs is 2. The minimum atomic E-state index is -0.863. The summed E-state index contributed by atoms with van der Waals surface area (Å²) in [5.74, 6) is 0. The van der Waals surface area contributed by atoms with Crippen molar-refractivity contribution < 1.29 is 48.0 Å². The number of allylic oxidation sites excluding steroid dienone is 2. The molecule has 0 spiro atoms. The second-order valence-corrected chi connectivity index (χ2v) is 22.3. The molecule has 0 heterocycles. The monoisotopic (exact) mass is 790 g/mol. The SMILES string of the molecule is CCCCCCP(CCCCCC)C1=Cc2ccccc2[CH]1[Zr+2][CH]1C(P(CCCCCC)CCCCCC)=Cc2ccccc21.[Cl-].[Cl-]. The van der Waals surface area contributed by atoms with Crippen molar-refractivity contribution >= 4 is 28.0 Å². The number of hydrogen-bond donors (Lipinski definition) is 0. The van der Waals surface area contributed by atoms with Gasteiger partial charge in [-0.15, -0.1) is 0 Å². The summed E-state index contributed by atoms with van der Waals surface area (Å²) in [4.78, 5) is 0. The molecule has 0 bridgehead atoms. The second-order valence-electron chi connectivity index (χ2n) is 13.6. The molecular weight excluding hydrogens is 729 g/mol. The molecule has 0 nitrogen and oxygen atoms in total. The molecule has 5 heteroatoms. The van der Waals surface area contributed by atoms with E-state index in [9.17, 15) is 0 Å². The van der Waals surface area contributed by atoms with E-state index in [2.05, 4.69) is 88.4 Å². The van der Waals surface area contributed by atoms with Crippen molar-refractivity contribution in [3.8, 4) is 0 Å². The van der Waals surface area contributed by atoms with Gasteiger partial charge < -0.3 is 24.8 Å². The van der Waals surface area contributed by atoms with Crippen molar-refractivity contribution in [1.82, 2.24) is 0 Å². The molecule has 4 rings (SSSR count). The van der Waals surface area contributed by atoms with Crippen LogP contribution in [0.15, 0.2) is 59.2 Å². The second kappa shape index (κ2) is 25.2. The van der Waals surface area contributed by atoms with Crippen molar-refractivity contribution in [3.05, 3.63) is 81.4 Å². The minimum absolute atomic E-state index is 0. The maximum Gasteiger partial charge on any atom is -1.00 e. The van der Waals surface area contributed by atoms with Crippen molar-refractivity contribution in [1.29, 1.82) is 0 Å². The molecule has 0 saturated heterocycles. The Morgan fingerprint density at radius 3 is 1.09 bits per heavy atom. The topological polar surface area (TPSA) is 0 Å². The first-order chi connectivity index (χ1) is 22.2. The normalized spacial score (nSPS) is 16.3. The van der Waals surface area contributed by atoms with Crippen molar-refractivity contribution in [3.63, 3.8) is 0 Å². The first-order valence-corrected chi connectivity index (χ1v) is 25.3. The van der Waals surface area contributed by atoms with Gasteiger partial charge in [0.15, 0.2) is 0 Å². The van der Waals surface area contributed by atoms with Gasteiger partial charge in [0.2, 0.25) is 0 Å². The van der Waals surface area contributed by atoms with Crippen LogP contribution in [0.2, 0.25) is 0 Å². The zero-order valence-electron chi connectivity index (χ0n) is 30.2. The molecule has 2 aliphatic carbocycles. The summed E-state index contributed by atoms with van der Waals surface area (Å²) in [6, 6.07) is 19.3. The van der Waals surface area contributed by atoms with Gasteiger partial charge in [0.25, 0.3) is 0 Å². The summed E-state index contributed by atoms with van der Waals surface area (Å²) in [5.41, 5.74) is 6.58. The molecule has 2 aliphatic rings. The summed E-state index contributed by atoms with van der Waals surface area (Å²) in [7, 11) is -0.0713. The Kier molecular flexibility index (Phi) is 23.3. The zero-order chi connectivity index (χ0) is 31.7. The number of benzene rings is 2. The van der Waals surface area contributed by atoms with Gasteiger partial charge in [-0.1, -0.05) is 0 Å². The quantitative estimate of drug-likeness (QED) is 0.0739. The smallest absolute Gasteiger partial charge is 1.00 e. The number of halogens is 2. The zero-order valence-corrected chi connectivity index (χ0v) is 36.0. The standard InChI is InChI=1S/2C21H32P.2ClH.Zr/c2*1-3-5-7-11-15-22(16-12-8-6-4-2)21-17-19-13-9-10-14-20(19)18-21;;;/h2*9-10,13-14,17-18H,3-8,11-12,15-16H2,1-2H3;2*1H;/q;;;;+2/p-2. The van der Waals surface area contributed by atoms with Gasteiger partial charge in [-0.25, -0.2) is 0 Å². The summed E-state index contributed by atoms with van der Waals surface area (Å²) in [6.45, 7) is 9.44. The van der Waals surface area contributed by atoms with E-state index >= 15 is 0 Å². The van der Waals surface area contributed by atoms with Crippen LogP contribution in [0, 0.1) is 0 Å². The van der Waals surface area contributed by atoms with Crippen LogP contribution >= 0.6 is 15.8 Å². The van der Waals surface area contributed by atoms with E-state index in [1.165, 1.54) is 127 Å². The van der Waals surface area contributed by atoms with Gasteiger partial charge in [0.1, 0.15) is 0 Å². The maximum atomic E-state index is 2.74. The molecule has 47 heavy (non-hydrogen) atoms. The van der Waals surface area contributed by atoms with Gasteiger partial charge in [-0.3, -0.25) is 0 Å². The molecule has 2 aromatic carbocycles. The van der Waals surface area contributed by atoms with E-state index in [4.69, 9.17) is 0 Å². The molecule has 260 valence electrons. The summed E-state index contributed by atoms with van der Waals surface area (Å²) >= 11 is -0.863. The van der Waals surface area contributed by atoms with Crippen molar-refractivity contribution in [2.75, 3.05) is 24.6 Å². The third kappa shape index (κ3) is 13.4. The molecule has 2 atom stereocenters. The van der Waals surface area contributed by atoms with E-state index in [0.29, 0.717) is 0 Å². The molecular formula is C42H64Cl2P2Zr. The van der Waals surface area contributed by atoms with Gasteiger partial charge in [0.05, 0.1) is 0 Å². The molecule has 0 saturated carbocycles. The number of hydrogen-bond acceptors (Lipinski definition) is 0. The fraction of sp³-hybridized carbons (Fsp3) is 0.619. The van der Waals surface area contributed by atoms with Gasteiger partial charge in [0, 0.05) is 0 Å². The van der Waals surface area contributed by atoms with Gasteiger partial charge in [-0.2, -0.15) is 0 Å². The molecule has 0 amide bonds. The van der Waals surface area contributed by atoms with Crippen LogP contribution in [-0.2, 0) is 23.2 Å². The Morgan fingerprint density at radius 1 is 0.447 bits per heavy atom. The Hall–Kier alpha value is 0.243. The average Bonchev–Trinajstić information content (AvgIpc) is 3.62. The van der Waals surface area contributed by atoms with Crippen LogP contribution in [0.4, 0.5) is 0 Å². The van der Waals surface area contributed by atoms with Crippen LogP contribution in [0.5, 0.6) is 0 Å². The number of rotatable bonds is 24. The molecule has 0 N–H and O–H groups in total. The summed E-state index contributed by atoms with van der Waals surface area (Å²) < 4.78 is 1.54. The summed E-state index contributed by atoms with van der Waals surface area (Å²) in [6.07, 6.45) is 33.9. The van der Waals surface area contributed by atoms with Crippen LogP contribution < -0.4 is 24.8 Å². The minimum Gasteiger partial charge on any atom is -1.00 e. The van der Waals surface area contributed by atoms with Crippen LogP contribution in [0.1, 0.15) is 160 Å². The molecule has 2 unspecified atom stereocenters. The van der Waals surface area contributed by atoms with Crippen molar-refractivity contribution in [2.45, 2.75) is 138 Å². The third-order valence-electron chi connectivity index (χ3n) is 10.0.